The van der Waals surface area contributed by atoms with Crippen molar-refractivity contribution in [2.24, 2.45) is 0 Å². The lowest BCUT2D eigenvalue weighted by atomic mass is 10.1. The fraction of sp³-hybridized carbons (Fsp3) is 0.250. The largest absolute Gasteiger partial charge is 0.370 e. The van der Waals surface area contributed by atoms with E-state index in [2.05, 4.69) is 28.1 Å². The maximum Gasteiger partial charge on any atom is 0.242 e. The van der Waals surface area contributed by atoms with Gasteiger partial charge in [-0.15, -0.1) is 0 Å². The van der Waals surface area contributed by atoms with Crippen molar-refractivity contribution in [1.29, 1.82) is 0 Å². The van der Waals surface area contributed by atoms with Gasteiger partial charge in [-0.3, -0.25) is 4.79 Å². The molecule has 1 aliphatic rings. The number of carbonyl (C=O) groups is 1. The molecule has 0 aliphatic carbocycles. The summed E-state index contributed by atoms with van der Waals surface area (Å²) in [6, 6.07) is 18.2. The number of amides is 1. The topological polar surface area (TPSA) is 34.5 Å². The van der Waals surface area contributed by atoms with Gasteiger partial charge < -0.3 is 14.2 Å². The predicted molar refractivity (Wildman–Crippen MR) is 101 cm³/mol. The normalized spacial score (nSPS) is 17.8. The van der Waals surface area contributed by atoms with Crippen molar-refractivity contribution in [3.63, 3.8) is 0 Å². The van der Waals surface area contributed by atoms with E-state index in [9.17, 15) is 4.79 Å². The Morgan fingerprint density at radius 2 is 1.96 bits per heavy atom. The summed E-state index contributed by atoms with van der Waals surface area (Å²) in [6.45, 7) is 2.17. The molecule has 2 heterocycles. The second-order valence-corrected chi connectivity index (χ2v) is 7.08. The van der Waals surface area contributed by atoms with E-state index in [1.807, 2.05) is 58.1 Å². The summed E-state index contributed by atoms with van der Waals surface area (Å²) in [4.78, 5) is 14.7. The SMILES string of the molecule is O=C(Cn1ccc2c(Br)cccc21)N1CCOC(c2ccccc2)C1. The molecule has 2 aromatic carbocycles. The number of rotatable bonds is 3. The van der Waals surface area contributed by atoms with Crippen molar-refractivity contribution in [3.05, 3.63) is 70.8 Å². The molecule has 1 amide bonds. The van der Waals surface area contributed by atoms with Crippen LogP contribution >= 0.6 is 15.9 Å². The second-order valence-electron chi connectivity index (χ2n) is 6.23. The highest BCUT2D eigenvalue weighted by molar-refractivity contribution is 9.10. The first-order valence-corrected chi connectivity index (χ1v) is 9.19. The van der Waals surface area contributed by atoms with E-state index in [0.29, 0.717) is 26.2 Å². The molecule has 3 aromatic rings. The molecule has 1 fully saturated rings. The number of halogens is 1. The van der Waals surface area contributed by atoms with Crippen molar-refractivity contribution in [2.45, 2.75) is 12.6 Å². The van der Waals surface area contributed by atoms with Gasteiger partial charge >= 0.3 is 0 Å². The summed E-state index contributed by atoms with van der Waals surface area (Å²) in [5.74, 6) is 0.127. The minimum absolute atomic E-state index is 0.0468. The Morgan fingerprint density at radius 1 is 1.12 bits per heavy atom. The molecule has 1 atom stereocenters. The fourth-order valence-corrected chi connectivity index (χ4v) is 3.80. The van der Waals surface area contributed by atoms with E-state index >= 15 is 0 Å². The molecule has 25 heavy (non-hydrogen) atoms. The number of benzene rings is 2. The number of hydrogen-bond donors (Lipinski definition) is 0. The maximum absolute atomic E-state index is 12.8. The van der Waals surface area contributed by atoms with Gasteiger partial charge in [0.1, 0.15) is 12.6 Å². The highest BCUT2D eigenvalue weighted by Gasteiger charge is 2.25. The molecule has 0 bridgehead atoms. The van der Waals surface area contributed by atoms with E-state index in [-0.39, 0.29) is 12.0 Å². The average Bonchev–Trinajstić information content (AvgIpc) is 3.07. The van der Waals surface area contributed by atoms with E-state index in [4.69, 9.17) is 4.74 Å². The Kier molecular flexibility index (Phi) is 4.59. The minimum Gasteiger partial charge on any atom is -0.370 e. The Morgan fingerprint density at radius 3 is 2.80 bits per heavy atom. The minimum atomic E-state index is -0.0468. The first kappa shape index (κ1) is 16.4. The molecule has 0 radical (unpaired) electrons. The number of carbonyl (C=O) groups excluding carboxylic acids is 1. The first-order chi connectivity index (χ1) is 12.2. The summed E-state index contributed by atoms with van der Waals surface area (Å²) in [6.07, 6.45) is 1.93. The fourth-order valence-electron chi connectivity index (χ4n) is 3.31. The van der Waals surface area contributed by atoms with Crippen LogP contribution < -0.4 is 0 Å². The maximum atomic E-state index is 12.8. The van der Waals surface area contributed by atoms with Crippen molar-refractivity contribution in [1.82, 2.24) is 9.47 Å². The molecular formula is C20H19BrN2O2. The molecule has 5 heteroatoms. The van der Waals surface area contributed by atoms with Gasteiger partial charge in [-0.1, -0.05) is 52.3 Å². The molecule has 0 saturated carbocycles. The Balaban J connectivity index is 1.49. The van der Waals surface area contributed by atoms with Gasteiger partial charge in [-0.05, 0) is 23.8 Å². The summed E-state index contributed by atoms with van der Waals surface area (Å²) in [5, 5.41) is 1.12. The Bertz CT molecular complexity index is 891. The van der Waals surface area contributed by atoms with Crippen molar-refractivity contribution < 1.29 is 9.53 Å². The number of fused-ring (bicyclic) bond motifs is 1. The van der Waals surface area contributed by atoms with Crippen LogP contribution in [0.4, 0.5) is 0 Å². The third-order valence-electron chi connectivity index (χ3n) is 4.66. The summed E-state index contributed by atoms with van der Waals surface area (Å²) >= 11 is 3.56. The van der Waals surface area contributed by atoms with E-state index in [0.717, 1.165) is 20.9 Å². The third-order valence-corrected chi connectivity index (χ3v) is 5.35. The molecule has 1 unspecified atom stereocenters. The lowest BCUT2D eigenvalue weighted by Gasteiger charge is -2.33. The Labute approximate surface area is 155 Å². The predicted octanol–water partition coefficient (Wildman–Crippen LogP) is 4.00. The van der Waals surface area contributed by atoms with Crippen LogP contribution in [-0.2, 0) is 16.1 Å². The van der Waals surface area contributed by atoms with Gasteiger partial charge in [-0.2, -0.15) is 0 Å². The lowest BCUT2D eigenvalue weighted by Crippen LogP contribution is -2.43. The smallest absolute Gasteiger partial charge is 0.242 e. The monoisotopic (exact) mass is 398 g/mol. The van der Waals surface area contributed by atoms with E-state index in [1.165, 1.54) is 0 Å². The van der Waals surface area contributed by atoms with Crippen LogP contribution in [0.15, 0.2) is 65.3 Å². The second kappa shape index (κ2) is 7.02. The molecule has 128 valence electrons. The summed E-state index contributed by atoms with van der Waals surface area (Å²) in [5.41, 5.74) is 2.19. The third kappa shape index (κ3) is 3.34. The number of nitrogens with zero attached hydrogens (tertiary/aromatic N) is 2. The van der Waals surface area contributed by atoms with Gasteiger partial charge in [0.2, 0.25) is 5.91 Å². The van der Waals surface area contributed by atoms with Crippen LogP contribution in [0.3, 0.4) is 0 Å². The first-order valence-electron chi connectivity index (χ1n) is 8.40. The van der Waals surface area contributed by atoms with Gasteiger partial charge in [0.15, 0.2) is 0 Å². The van der Waals surface area contributed by atoms with Crippen LogP contribution in [-0.4, -0.2) is 35.1 Å². The van der Waals surface area contributed by atoms with Gasteiger partial charge in [0, 0.05) is 28.1 Å². The number of aromatic nitrogens is 1. The van der Waals surface area contributed by atoms with E-state index < -0.39 is 0 Å². The van der Waals surface area contributed by atoms with Crippen molar-refractivity contribution in [3.8, 4) is 0 Å². The molecule has 1 aromatic heterocycles. The lowest BCUT2D eigenvalue weighted by molar-refractivity contribution is -0.139. The van der Waals surface area contributed by atoms with Crippen LogP contribution in [0, 0.1) is 0 Å². The zero-order valence-corrected chi connectivity index (χ0v) is 15.4. The standard InChI is InChI=1S/C20H19BrN2O2/c21-17-7-4-8-18-16(17)9-10-22(18)14-20(24)23-11-12-25-19(13-23)15-5-2-1-3-6-15/h1-10,19H,11-14H2. The van der Waals surface area contributed by atoms with Gasteiger partial charge in [0.25, 0.3) is 0 Å². The van der Waals surface area contributed by atoms with Crippen LogP contribution in [0.25, 0.3) is 10.9 Å². The Hall–Kier alpha value is -2.11. The average molecular weight is 399 g/mol. The highest BCUT2D eigenvalue weighted by Crippen LogP contribution is 2.25. The van der Waals surface area contributed by atoms with Crippen LogP contribution in [0.1, 0.15) is 11.7 Å². The molecule has 0 N–H and O–H groups in total. The van der Waals surface area contributed by atoms with E-state index in [1.54, 1.807) is 0 Å². The zero-order chi connectivity index (χ0) is 17.2. The molecule has 1 aliphatic heterocycles. The highest BCUT2D eigenvalue weighted by atomic mass is 79.9. The van der Waals surface area contributed by atoms with Crippen LogP contribution in [0.2, 0.25) is 0 Å². The number of morpholine rings is 1. The zero-order valence-electron chi connectivity index (χ0n) is 13.8. The van der Waals surface area contributed by atoms with Gasteiger partial charge in [0.05, 0.1) is 13.2 Å². The molecule has 4 rings (SSSR count). The number of ether oxygens (including phenoxy) is 1. The van der Waals surface area contributed by atoms with Gasteiger partial charge in [-0.25, -0.2) is 0 Å². The summed E-state index contributed by atoms with van der Waals surface area (Å²) in [7, 11) is 0. The molecule has 4 nitrogen and oxygen atoms in total. The molecule has 1 saturated heterocycles. The van der Waals surface area contributed by atoms with Crippen molar-refractivity contribution in [2.75, 3.05) is 19.7 Å². The number of hydrogen-bond acceptors (Lipinski definition) is 2. The quantitative estimate of drug-likeness (QED) is 0.667. The van der Waals surface area contributed by atoms with Crippen molar-refractivity contribution >= 4 is 32.7 Å². The van der Waals surface area contributed by atoms with Crippen LogP contribution in [0.5, 0.6) is 0 Å². The molecular weight excluding hydrogens is 380 g/mol. The molecule has 0 spiro atoms. The summed E-state index contributed by atoms with van der Waals surface area (Å²) < 4.78 is 8.92.